The second-order valence-corrected chi connectivity index (χ2v) is 12.6. The molecular formula is C33H34ClN7O3. The quantitative estimate of drug-likeness (QED) is 0.264. The van der Waals surface area contributed by atoms with Crippen molar-refractivity contribution < 1.29 is 14.3 Å². The van der Waals surface area contributed by atoms with Crippen LogP contribution in [0.1, 0.15) is 40.0 Å². The molecule has 0 unspecified atom stereocenters. The van der Waals surface area contributed by atoms with E-state index in [-0.39, 0.29) is 12.0 Å². The molecule has 44 heavy (non-hydrogen) atoms. The number of nitrogens with zero attached hydrogens (tertiary/aromatic N) is 6. The Kier molecular flexibility index (Phi) is 7.94. The molecule has 0 saturated carbocycles. The predicted molar refractivity (Wildman–Crippen MR) is 170 cm³/mol. The molecule has 10 nitrogen and oxygen atoms in total. The molecule has 3 aromatic heterocycles. The Labute approximate surface area is 261 Å². The third-order valence-electron chi connectivity index (χ3n) is 8.02. The fourth-order valence-corrected chi connectivity index (χ4v) is 5.94. The van der Waals surface area contributed by atoms with Crippen LogP contribution in [0.15, 0.2) is 73.3 Å². The number of piperidine rings is 1. The summed E-state index contributed by atoms with van der Waals surface area (Å²) in [6, 6.07) is 15.5. The number of carbonyl (C=O) groups is 2. The first-order valence-corrected chi connectivity index (χ1v) is 15.0. The van der Waals surface area contributed by atoms with Gasteiger partial charge >= 0.3 is 6.09 Å². The van der Waals surface area contributed by atoms with Gasteiger partial charge in [0.25, 0.3) is 0 Å². The van der Waals surface area contributed by atoms with E-state index in [1.165, 1.54) is 0 Å². The van der Waals surface area contributed by atoms with Crippen molar-refractivity contribution in [2.75, 3.05) is 29.9 Å². The molecule has 2 amide bonds. The van der Waals surface area contributed by atoms with E-state index in [2.05, 4.69) is 20.3 Å². The van der Waals surface area contributed by atoms with Crippen LogP contribution < -0.4 is 10.2 Å². The van der Waals surface area contributed by atoms with Crippen molar-refractivity contribution in [3.63, 3.8) is 0 Å². The molecule has 6 rings (SSSR count). The minimum Gasteiger partial charge on any atom is -0.444 e. The normalized spacial score (nSPS) is 16.3. The van der Waals surface area contributed by atoms with E-state index in [0.717, 1.165) is 23.2 Å². The number of hydrogen-bond donors (Lipinski definition) is 1. The molecule has 11 heteroatoms. The Morgan fingerprint density at radius 2 is 1.73 bits per heavy atom. The number of halogens is 1. The first kappa shape index (κ1) is 29.5. The lowest BCUT2D eigenvalue weighted by Crippen LogP contribution is -2.48. The zero-order valence-corrected chi connectivity index (χ0v) is 25.7. The summed E-state index contributed by atoms with van der Waals surface area (Å²) in [5.41, 5.74) is 3.53. The summed E-state index contributed by atoms with van der Waals surface area (Å²) in [7, 11) is 0. The Morgan fingerprint density at radius 1 is 0.955 bits per heavy atom. The van der Waals surface area contributed by atoms with Crippen molar-refractivity contribution in [2.45, 2.75) is 45.6 Å². The molecule has 226 valence electrons. The summed E-state index contributed by atoms with van der Waals surface area (Å²) in [5, 5.41) is 3.64. The highest BCUT2D eigenvalue weighted by atomic mass is 35.5. The second-order valence-electron chi connectivity index (χ2n) is 12.2. The lowest BCUT2D eigenvalue weighted by Gasteiger charge is -2.38. The molecule has 0 bridgehead atoms. The third kappa shape index (κ3) is 6.21. The first-order valence-electron chi connectivity index (χ1n) is 14.7. The predicted octanol–water partition coefficient (Wildman–Crippen LogP) is 6.75. The fourth-order valence-electron chi connectivity index (χ4n) is 5.74. The molecule has 1 aromatic carbocycles. The van der Waals surface area contributed by atoms with Gasteiger partial charge in [-0.2, -0.15) is 0 Å². The van der Waals surface area contributed by atoms with E-state index in [4.69, 9.17) is 21.3 Å². The monoisotopic (exact) mass is 611 g/mol. The molecule has 1 N–H and O–H groups in total. The molecule has 0 radical (unpaired) electrons. The van der Waals surface area contributed by atoms with Crippen LogP contribution in [0, 0.1) is 5.41 Å². The molecule has 2 fully saturated rings. The standard InChI is InChI=1S/C33H34ClN7O3/c1-32(2,3)44-31(43)40-14-10-33(11-15-40)12-16-41(29(33)42)25-18-24(19-35-20-25)38-30-37-21-26(34)28(39-30)23-8-6-7-22(17-23)27-9-4-5-13-36-27/h4-9,13,17-21H,10-12,14-16H2,1-3H3,(H,37,38,39). The average Bonchev–Trinajstić information content (AvgIpc) is 3.33. The second kappa shape index (κ2) is 11.8. The smallest absolute Gasteiger partial charge is 0.410 e. The Balaban J connectivity index is 1.16. The number of carbonyl (C=O) groups excluding carboxylic acids is 2. The average molecular weight is 612 g/mol. The van der Waals surface area contributed by atoms with Gasteiger partial charge in [-0.15, -0.1) is 0 Å². The van der Waals surface area contributed by atoms with E-state index in [1.54, 1.807) is 34.6 Å². The van der Waals surface area contributed by atoms with Gasteiger partial charge < -0.3 is 19.9 Å². The molecule has 1 spiro atoms. The maximum atomic E-state index is 13.7. The molecule has 5 heterocycles. The minimum atomic E-state index is -0.554. The van der Waals surface area contributed by atoms with Gasteiger partial charge in [-0.3, -0.25) is 14.8 Å². The van der Waals surface area contributed by atoms with E-state index >= 15 is 0 Å². The van der Waals surface area contributed by atoms with Crippen molar-refractivity contribution in [1.82, 2.24) is 24.8 Å². The van der Waals surface area contributed by atoms with Crippen LogP contribution in [0.4, 0.5) is 22.1 Å². The summed E-state index contributed by atoms with van der Waals surface area (Å²) < 4.78 is 5.53. The van der Waals surface area contributed by atoms with Crippen LogP contribution in [0.25, 0.3) is 22.5 Å². The van der Waals surface area contributed by atoms with E-state index < -0.39 is 11.0 Å². The van der Waals surface area contributed by atoms with Crippen molar-refractivity contribution in [1.29, 1.82) is 0 Å². The summed E-state index contributed by atoms with van der Waals surface area (Å²) in [5.74, 6) is 0.420. The van der Waals surface area contributed by atoms with Crippen LogP contribution in [-0.4, -0.2) is 62.1 Å². The summed E-state index contributed by atoms with van der Waals surface area (Å²) >= 11 is 6.53. The molecule has 0 atom stereocenters. The fraction of sp³-hybridized carbons (Fsp3) is 0.333. The number of anilines is 3. The summed E-state index contributed by atoms with van der Waals surface area (Å²) in [4.78, 5) is 47.7. The number of likely N-dealkylation sites (tertiary alicyclic amines) is 1. The number of ether oxygens (including phenoxy) is 1. The number of nitrogens with one attached hydrogen (secondary N) is 1. The maximum Gasteiger partial charge on any atom is 0.410 e. The van der Waals surface area contributed by atoms with Crippen LogP contribution in [0.5, 0.6) is 0 Å². The van der Waals surface area contributed by atoms with Crippen molar-refractivity contribution in [3.8, 4) is 22.5 Å². The highest BCUT2D eigenvalue weighted by Gasteiger charge is 2.49. The lowest BCUT2D eigenvalue weighted by molar-refractivity contribution is -0.128. The number of benzene rings is 1. The zero-order chi connectivity index (χ0) is 30.9. The summed E-state index contributed by atoms with van der Waals surface area (Å²) in [6.07, 6.45) is 8.29. The largest absolute Gasteiger partial charge is 0.444 e. The van der Waals surface area contributed by atoms with Gasteiger partial charge in [0.05, 0.1) is 51.8 Å². The molecule has 4 aromatic rings. The van der Waals surface area contributed by atoms with Crippen molar-refractivity contribution in [2.24, 2.45) is 5.41 Å². The van der Waals surface area contributed by atoms with Crippen LogP contribution in [0.2, 0.25) is 5.02 Å². The maximum absolute atomic E-state index is 13.7. The number of pyridine rings is 2. The van der Waals surface area contributed by atoms with Crippen molar-refractivity contribution >= 4 is 40.9 Å². The van der Waals surface area contributed by atoms with Gasteiger partial charge in [0.15, 0.2) is 0 Å². The number of hydrogen-bond acceptors (Lipinski definition) is 8. The van der Waals surface area contributed by atoms with E-state index in [9.17, 15) is 9.59 Å². The Bertz CT molecular complexity index is 1680. The zero-order valence-electron chi connectivity index (χ0n) is 25.0. The van der Waals surface area contributed by atoms with Crippen LogP contribution in [-0.2, 0) is 9.53 Å². The van der Waals surface area contributed by atoms with Gasteiger partial charge in [0.2, 0.25) is 11.9 Å². The molecule has 2 aliphatic rings. The highest BCUT2D eigenvalue weighted by Crippen LogP contribution is 2.43. The third-order valence-corrected chi connectivity index (χ3v) is 8.29. The molecule has 0 aliphatic carbocycles. The van der Waals surface area contributed by atoms with Gasteiger partial charge in [-0.1, -0.05) is 35.9 Å². The SMILES string of the molecule is CC(C)(C)OC(=O)N1CCC2(CC1)CCN(c1cncc(Nc3ncc(Cl)c(-c4cccc(-c5ccccn5)c4)n3)c1)C2=O. The van der Waals surface area contributed by atoms with Crippen LogP contribution in [0.3, 0.4) is 0 Å². The highest BCUT2D eigenvalue weighted by molar-refractivity contribution is 6.33. The van der Waals surface area contributed by atoms with Crippen molar-refractivity contribution in [3.05, 3.63) is 78.3 Å². The van der Waals surface area contributed by atoms with Gasteiger partial charge in [0, 0.05) is 37.0 Å². The Morgan fingerprint density at radius 3 is 2.48 bits per heavy atom. The topological polar surface area (TPSA) is 113 Å². The number of amides is 2. The lowest BCUT2D eigenvalue weighted by atomic mass is 9.77. The molecule has 2 aliphatic heterocycles. The number of rotatable bonds is 5. The van der Waals surface area contributed by atoms with Gasteiger partial charge in [0.1, 0.15) is 5.60 Å². The van der Waals surface area contributed by atoms with Crippen LogP contribution >= 0.6 is 11.6 Å². The number of aromatic nitrogens is 4. The molecule has 2 saturated heterocycles. The van der Waals surface area contributed by atoms with Gasteiger partial charge in [-0.05, 0) is 64.3 Å². The minimum absolute atomic E-state index is 0.0677. The van der Waals surface area contributed by atoms with Gasteiger partial charge in [-0.25, -0.2) is 14.8 Å². The van der Waals surface area contributed by atoms with E-state index in [1.807, 2.05) is 69.3 Å². The molecular weight excluding hydrogens is 578 g/mol. The van der Waals surface area contributed by atoms with E-state index in [0.29, 0.717) is 60.5 Å². The summed E-state index contributed by atoms with van der Waals surface area (Å²) in [6.45, 7) is 7.14. The first-order chi connectivity index (χ1) is 21.1. The Hall–Kier alpha value is -4.57.